The molecule has 0 atom stereocenters. The molecule has 0 aliphatic carbocycles. The first kappa shape index (κ1) is 10.5. The number of nitrogens with zero attached hydrogens (tertiary/aromatic N) is 1. The molecule has 0 fully saturated rings. The Morgan fingerprint density at radius 2 is 2.21 bits per heavy atom. The van der Waals surface area contributed by atoms with Gasteiger partial charge in [0.15, 0.2) is 0 Å². The normalized spacial score (nSPS) is 9.57. The Balaban J connectivity index is 3.15. The van der Waals surface area contributed by atoms with Crippen molar-refractivity contribution in [2.24, 2.45) is 0 Å². The Morgan fingerprint density at radius 1 is 1.57 bits per heavy atom. The first-order valence-corrected chi connectivity index (χ1v) is 4.01. The van der Waals surface area contributed by atoms with Crippen molar-refractivity contribution in [3.05, 3.63) is 33.3 Å². The van der Waals surface area contributed by atoms with Gasteiger partial charge >= 0.3 is 11.7 Å². The fourth-order valence-electron chi connectivity index (χ4n) is 0.875. The van der Waals surface area contributed by atoms with Crippen LogP contribution in [-0.4, -0.2) is 10.9 Å². The van der Waals surface area contributed by atoms with Crippen LogP contribution in [0.25, 0.3) is 0 Å². The summed E-state index contributed by atoms with van der Waals surface area (Å²) >= 11 is 5.59. The standard InChI is InChI=1S/C8H6ClNO4/c1-5(11)14-8-4-6(9)2-3-7(8)10(12)13/h2-4H,1H3. The van der Waals surface area contributed by atoms with Gasteiger partial charge in [-0.1, -0.05) is 11.6 Å². The van der Waals surface area contributed by atoms with E-state index in [-0.39, 0.29) is 16.5 Å². The highest BCUT2D eigenvalue weighted by Crippen LogP contribution is 2.29. The zero-order chi connectivity index (χ0) is 10.7. The lowest BCUT2D eigenvalue weighted by Crippen LogP contribution is -2.03. The van der Waals surface area contributed by atoms with Crippen LogP contribution in [0.1, 0.15) is 6.92 Å². The maximum atomic E-state index is 10.6. The highest BCUT2D eigenvalue weighted by atomic mass is 35.5. The molecule has 74 valence electrons. The Labute approximate surface area is 84.4 Å². The van der Waals surface area contributed by atoms with Crippen molar-refractivity contribution in [2.45, 2.75) is 6.92 Å². The Kier molecular flexibility index (Phi) is 3.03. The maximum absolute atomic E-state index is 10.6. The van der Waals surface area contributed by atoms with E-state index in [9.17, 15) is 14.9 Å². The van der Waals surface area contributed by atoms with Crippen LogP contribution in [0.3, 0.4) is 0 Å². The number of nitro groups is 1. The SMILES string of the molecule is CC(=O)Oc1cc(Cl)ccc1[N+](=O)[O-]. The van der Waals surface area contributed by atoms with E-state index in [1.54, 1.807) is 0 Å². The van der Waals surface area contributed by atoms with Gasteiger partial charge in [-0.3, -0.25) is 14.9 Å². The van der Waals surface area contributed by atoms with Crippen LogP contribution < -0.4 is 4.74 Å². The molecule has 0 aliphatic rings. The molecule has 14 heavy (non-hydrogen) atoms. The monoisotopic (exact) mass is 215 g/mol. The van der Waals surface area contributed by atoms with Crippen LogP contribution in [0.2, 0.25) is 5.02 Å². The predicted octanol–water partition coefficient (Wildman–Crippen LogP) is 2.17. The molecule has 0 heterocycles. The lowest BCUT2D eigenvalue weighted by molar-refractivity contribution is -0.385. The third-order valence-corrected chi connectivity index (χ3v) is 1.61. The van der Waals surface area contributed by atoms with Crippen LogP contribution in [0, 0.1) is 10.1 Å². The zero-order valence-corrected chi connectivity index (χ0v) is 7.95. The Morgan fingerprint density at radius 3 is 2.71 bits per heavy atom. The van der Waals surface area contributed by atoms with Gasteiger partial charge < -0.3 is 4.74 Å². The van der Waals surface area contributed by atoms with Crippen LogP contribution in [0.15, 0.2) is 18.2 Å². The van der Waals surface area contributed by atoms with Crippen LogP contribution in [0.5, 0.6) is 5.75 Å². The second kappa shape index (κ2) is 4.06. The molecule has 1 aromatic carbocycles. The van der Waals surface area contributed by atoms with Gasteiger partial charge in [0.2, 0.25) is 5.75 Å². The van der Waals surface area contributed by atoms with Crippen LogP contribution in [-0.2, 0) is 4.79 Å². The van der Waals surface area contributed by atoms with Gasteiger partial charge in [-0.25, -0.2) is 0 Å². The van der Waals surface area contributed by atoms with Gasteiger partial charge in [0.05, 0.1) is 4.92 Å². The third kappa shape index (κ3) is 2.43. The number of carbonyl (C=O) groups is 1. The number of esters is 1. The summed E-state index contributed by atoms with van der Waals surface area (Å²) in [6.45, 7) is 1.16. The van der Waals surface area contributed by atoms with E-state index in [1.807, 2.05) is 0 Å². The zero-order valence-electron chi connectivity index (χ0n) is 7.19. The van der Waals surface area contributed by atoms with Gasteiger partial charge in [-0.05, 0) is 6.07 Å². The number of rotatable bonds is 2. The van der Waals surface area contributed by atoms with Gasteiger partial charge in [0, 0.05) is 24.1 Å². The summed E-state index contributed by atoms with van der Waals surface area (Å²) in [6, 6.07) is 3.76. The van der Waals surface area contributed by atoms with Crippen LogP contribution in [0.4, 0.5) is 5.69 Å². The first-order chi connectivity index (χ1) is 6.50. The van der Waals surface area contributed by atoms with Gasteiger partial charge in [-0.15, -0.1) is 0 Å². The summed E-state index contributed by atoms with van der Waals surface area (Å²) < 4.78 is 4.62. The lowest BCUT2D eigenvalue weighted by atomic mass is 10.3. The average Bonchev–Trinajstić information content (AvgIpc) is 2.01. The number of halogens is 1. The second-order valence-corrected chi connectivity index (χ2v) is 2.90. The summed E-state index contributed by atoms with van der Waals surface area (Å²) in [5.74, 6) is -0.773. The number of hydrogen-bond acceptors (Lipinski definition) is 4. The highest BCUT2D eigenvalue weighted by Gasteiger charge is 2.16. The van der Waals surface area contributed by atoms with Crippen LogP contribution >= 0.6 is 11.6 Å². The van der Waals surface area contributed by atoms with E-state index in [4.69, 9.17) is 11.6 Å². The van der Waals surface area contributed by atoms with E-state index < -0.39 is 10.9 Å². The highest BCUT2D eigenvalue weighted by molar-refractivity contribution is 6.30. The Bertz CT molecular complexity index is 391. The average molecular weight is 216 g/mol. The number of hydrogen-bond donors (Lipinski definition) is 0. The van der Waals surface area contributed by atoms with Crippen molar-refractivity contribution < 1.29 is 14.5 Å². The molecule has 0 aromatic heterocycles. The molecule has 1 aromatic rings. The molecule has 0 radical (unpaired) electrons. The number of nitro benzene ring substituents is 1. The molecular formula is C8H6ClNO4. The van der Waals surface area contributed by atoms with Crippen molar-refractivity contribution in [3.63, 3.8) is 0 Å². The lowest BCUT2D eigenvalue weighted by Gasteiger charge is -2.02. The largest absolute Gasteiger partial charge is 0.419 e. The molecule has 6 heteroatoms. The molecule has 0 spiro atoms. The van der Waals surface area contributed by atoms with E-state index in [0.717, 1.165) is 6.92 Å². The van der Waals surface area contributed by atoms with Crippen molar-refractivity contribution in [3.8, 4) is 5.75 Å². The maximum Gasteiger partial charge on any atom is 0.311 e. The molecule has 0 saturated heterocycles. The molecule has 0 unspecified atom stereocenters. The van der Waals surface area contributed by atoms with E-state index in [0.29, 0.717) is 0 Å². The predicted molar refractivity (Wildman–Crippen MR) is 49.4 cm³/mol. The smallest absolute Gasteiger partial charge is 0.311 e. The number of ether oxygens (including phenoxy) is 1. The minimum absolute atomic E-state index is 0.144. The van der Waals surface area contributed by atoms with Crippen molar-refractivity contribution >= 4 is 23.3 Å². The number of carbonyl (C=O) groups excluding carboxylic acids is 1. The minimum atomic E-state index is -0.644. The molecule has 0 saturated carbocycles. The molecule has 0 amide bonds. The molecule has 1 rings (SSSR count). The fraction of sp³-hybridized carbons (Fsp3) is 0.125. The van der Waals surface area contributed by atoms with E-state index >= 15 is 0 Å². The molecule has 5 nitrogen and oxygen atoms in total. The Hall–Kier alpha value is -1.62. The van der Waals surface area contributed by atoms with E-state index in [2.05, 4.69) is 4.74 Å². The van der Waals surface area contributed by atoms with Gasteiger partial charge in [0.1, 0.15) is 0 Å². The summed E-state index contributed by atoms with van der Waals surface area (Å²) in [4.78, 5) is 20.5. The summed E-state index contributed by atoms with van der Waals surface area (Å²) in [5, 5.41) is 10.8. The minimum Gasteiger partial charge on any atom is -0.419 e. The molecule has 0 aliphatic heterocycles. The fourth-order valence-corrected chi connectivity index (χ4v) is 1.04. The summed E-state index contributed by atoms with van der Waals surface area (Å²) in [6.07, 6.45) is 0. The third-order valence-electron chi connectivity index (χ3n) is 1.37. The summed E-state index contributed by atoms with van der Waals surface area (Å²) in [7, 11) is 0. The summed E-state index contributed by atoms with van der Waals surface area (Å²) in [5.41, 5.74) is -0.287. The number of benzene rings is 1. The van der Waals surface area contributed by atoms with E-state index in [1.165, 1.54) is 18.2 Å². The molecule has 0 N–H and O–H groups in total. The topological polar surface area (TPSA) is 69.4 Å². The molecular weight excluding hydrogens is 210 g/mol. The van der Waals surface area contributed by atoms with Crippen molar-refractivity contribution in [2.75, 3.05) is 0 Å². The van der Waals surface area contributed by atoms with Gasteiger partial charge in [0.25, 0.3) is 0 Å². The van der Waals surface area contributed by atoms with Crippen molar-refractivity contribution in [1.82, 2.24) is 0 Å². The van der Waals surface area contributed by atoms with Crippen molar-refractivity contribution in [1.29, 1.82) is 0 Å². The van der Waals surface area contributed by atoms with Gasteiger partial charge in [-0.2, -0.15) is 0 Å². The second-order valence-electron chi connectivity index (χ2n) is 2.46. The molecule has 0 bridgehead atoms. The first-order valence-electron chi connectivity index (χ1n) is 3.63. The quantitative estimate of drug-likeness (QED) is 0.328.